The highest BCUT2D eigenvalue weighted by molar-refractivity contribution is 6.31. The number of aromatic nitrogens is 2. The van der Waals surface area contributed by atoms with Crippen molar-refractivity contribution in [1.29, 1.82) is 0 Å². The molecule has 0 aliphatic rings. The predicted octanol–water partition coefficient (Wildman–Crippen LogP) is 2.78. The summed E-state index contributed by atoms with van der Waals surface area (Å²) in [6, 6.07) is 9.62. The summed E-state index contributed by atoms with van der Waals surface area (Å²) in [6.45, 7) is 3.44. The van der Waals surface area contributed by atoms with Gasteiger partial charge in [-0.25, -0.2) is 0 Å². The van der Waals surface area contributed by atoms with Crippen LogP contribution in [0.1, 0.15) is 12.5 Å². The number of nitrogen functional groups attached to an aromatic ring is 1. The number of hydrogen-bond acceptors (Lipinski definition) is 5. The molecule has 5 nitrogen and oxygen atoms in total. The van der Waals surface area contributed by atoms with Crippen molar-refractivity contribution in [3.05, 3.63) is 40.9 Å². The van der Waals surface area contributed by atoms with Crippen LogP contribution in [0.2, 0.25) is 5.02 Å². The van der Waals surface area contributed by atoms with Gasteiger partial charge in [0.2, 0.25) is 5.95 Å². The van der Waals surface area contributed by atoms with Gasteiger partial charge in [-0.3, -0.25) is 0 Å². The highest BCUT2D eigenvalue weighted by Gasteiger charge is 2.09. The molecule has 1 heterocycles. The molecule has 3 N–H and O–H groups in total. The van der Waals surface area contributed by atoms with E-state index >= 15 is 0 Å². The van der Waals surface area contributed by atoms with Crippen LogP contribution in [0.25, 0.3) is 0 Å². The predicted molar refractivity (Wildman–Crippen MR) is 84.2 cm³/mol. The minimum Gasteiger partial charge on any atom is -0.370 e. The molecule has 0 fully saturated rings. The lowest BCUT2D eigenvalue weighted by molar-refractivity contribution is 0.893. The second-order valence-corrected chi connectivity index (χ2v) is 4.85. The van der Waals surface area contributed by atoms with E-state index in [0.717, 1.165) is 28.8 Å². The van der Waals surface area contributed by atoms with Crippen molar-refractivity contribution >= 4 is 29.2 Å². The molecule has 0 bridgehead atoms. The molecule has 0 saturated carbocycles. The topological polar surface area (TPSA) is 67.1 Å². The molecule has 0 unspecified atom stereocenters. The van der Waals surface area contributed by atoms with Crippen LogP contribution in [0.15, 0.2) is 30.3 Å². The Hall–Kier alpha value is -2.01. The molecule has 1 aromatic heterocycles. The van der Waals surface area contributed by atoms with E-state index in [4.69, 9.17) is 17.3 Å². The fraction of sp³-hybridized carbons (Fsp3) is 0.286. The Kier molecular flexibility index (Phi) is 4.63. The average Bonchev–Trinajstić information content (AvgIpc) is 2.41. The fourth-order valence-corrected chi connectivity index (χ4v) is 2.08. The monoisotopic (exact) mass is 291 g/mol. The summed E-state index contributed by atoms with van der Waals surface area (Å²) in [4.78, 5) is 10.4. The molecule has 2 aromatic rings. The first kappa shape index (κ1) is 14.4. The number of benzene rings is 1. The van der Waals surface area contributed by atoms with E-state index in [-0.39, 0.29) is 5.95 Å². The van der Waals surface area contributed by atoms with Crippen LogP contribution in [0.4, 0.5) is 17.6 Å². The third-order valence-corrected chi connectivity index (χ3v) is 3.21. The van der Waals surface area contributed by atoms with Crippen molar-refractivity contribution < 1.29 is 0 Å². The zero-order valence-electron chi connectivity index (χ0n) is 11.6. The molecule has 1 aromatic carbocycles. The molecular weight excluding hydrogens is 274 g/mol. The fourth-order valence-electron chi connectivity index (χ4n) is 1.88. The lowest BCUT2D eigenvalue weighted by Gasteiger charge is -2.19. The van der Waals surface area contributed by atoms with Crippen LogP contribution in [-0.2, 0) is 6.54 Å². The van der Waals surface area contributed by atoms with Crippen LogP contribution >= 0.6 is 11.6 Å². The highest BCUT2D eigenvalue weighted by atomic mass is 35.5. The van der Waals surface area contributed by atoms with Gasteiger partial charge in [0, 0.05) is 31.2 Å². The summed E-state index contributed by atoms with van der Waals surface area (Å²) < 4.78 is 0. The molecular formula is C14H18ClN5. The molecule has 106 valence electrons. The zero-order valence-corrected chi connectivity index (χ0v) is 12.4. The number of halogens is 1. The third-order valence-electron chi connectivity index (χ3n) is 2.84. The highest BCUT2D eigenvalue weighted by Crippen LogP contribution is 2.21. The first-order valence-electron chi connectivity index (χ1n) is 6.43. The summed E-state index contributed by atoms with van der Waals surface area (Å²) in [7, 11) is 1.95. The molecule has 0 spiro atoms. The Morgan fingerprint density at radius 1 is 1.30 bits per heavy atom. The van der Waals surface area contributed by atoms with Gasteiger partial charge in [-0.05, 0) is 18.6 Å². The van der Waals surface area contributed by atoms with Gasteiger partial charge in [0.25, 0.3) is 0 Å². The summed E-state index contributed by atoms with van der Waals surface area (Å²) in [6.07, 6.45) is 0. The smallest absolute Gasteiger partial charge is 0.223 e. The van der Waals surface area contributed by atoms with E-state index in [1.54, 1.807) is 0 Å². The summed E-state index contributed by atoms with van der Waals surface area (Å²) >= 11 is 6.17. The number of nitrogens with one attached hydrogen (secondary N) is 1. The van der Waals surface area contributed by atoms with Crippen molar-refractivity contribution in [1.82, 2.24) is 9.97 Å². The molecule has 0 atom stereocenters. The van der Waals surface area contributed by atoms with Gasteiger partial charge in [-0.1, -0.05) is 29.8 Å². The lowest BCUT2D eigenvalue weighted by atomic mass is 10.2. The standard InChI is InChI=1S/C14H18ClN5/c1-3-17-12-8-13(19-14(16)18-12)20(2)9-10-6-4-5-7-11(10)15/h4-8H,3,9H2,1-2H3,(H3,16,17,18,19). The molecule has 0 amide bonds. The Bertz CT molecular complexity index is 588. The van der Waals surface area contributed by atoms with E-state index < -0.39 is 0 Å². The quantitative estimate of drug-likeness (QED) is 0.887. The van der Waals surface area contributed by atoms with E-state index in [2.05, 4.69) is 15.3 Å². The zero-order chi connectivity index (χ0) is 14.5. The van der Waals surface area contributed by atoms with Crippen molar-refractivity contribution in [2.45, 2.75) is 13.5 Å². The second kappa shape index (κ2) is 6.43. The van der Waals surface area contributed by atoms with Crippen LogP contribution in [-0.4, -0.2) is 23.6 Å². The minimum atomic E-state index is 0.254. The number of hydrogen-bond donors (Lipinski definition) is 2. The number of nitrogens with zero attached hydrogens (tertiary/aromatic N) is 3. The molecule has 0 aliphatic carbocycles. The summed E-state index contributed by atoms with van der Waals surface area (Å²) in [5.41, 5.74) is 6.78. The maximum atomic E-state index is 6.17. The van der Waals surface area contributed by atoms with Crippen molar-refractivity contribution in [2.75, 3.05) is 29.5 Å². The Morgan fingerprint density at radius 2 is 2.05 bits per heavy atom. The number of rotatable bonds is 5. The van der Waals surface area contributed by atoms with E-state index in [1.807, 2.05) is 49.2 Å². The molecule has 20 heavy (non-hydrogen) atoms. The van der Waals surface area contributed by atoms with Crippen molar-refractivity contribution in [2.24, 2.45) is 0 Å². The Balaban J connectivity index is 2.20. The van der Waals surface area contributed by atoms with Gasteiger partial charge in [-0.15, -0.1) is 0 Å². The van der Waals surface area contributed by atoms with Crippen molar-refractivity contribution in [3.63, 3.8) is 0 Å². The van der Waals surface area contributed by atoms with Gasteiger partial charge >= 0.3 is 0 Å². The van der Waals surface area contributed by atoms with E-state index in [0.29, 0.717) is 6.54 Å². The normalized spacial score (nSPS) is 10.3. The van der Waals surface area contributed by atoms with Gasteiger partial charge < -0.3 is 16.0 Å². The van der Waals surface area contributed by atoms with Crippen LogP contribution in [0.3, 0.4) is 0 Å². The van der Waals surface area contributed by atoms with E-state index in [9.17, 15) is 0 Å². The van der Waals surface area contributed by atoms with Gasteiger partial charge in [0.05, 0.1) is 0 Å². The second-order valence-electron chi connectivity index (χ2n) is 4.45. The van der Waals surface area contributed by atoms with Crippen LogP contribution < -0.4 is 16.0 Å². The molecule has 0 radical (unpaired) electrons. The number of anilines is 3. The largest absolute Gasteiger partial charge is 0.370 e. The SMILES string of the molecule is CCNc1cc(N(C)Cc2ccccc2Cl)nc(N)n1. The lowest BCUT2D eigenvalue weighted by Crippen LogP contribution is -2.19. The molecule has 2 rings (SSSR count). The maximum absolute atomic E-state index is 6.17. The van der Waals surface area contributed by atoms with Gasteiger partial charge in [-0.2, -0.15) is 9.97 Å². The van der Waals surface area contributed by atoms with Gasteiger partial charge in [0.15, 0.2) is 0 Å². The van der Waals surface area contributed by atoms with Crippen LogP contribution in [0.5, 0.6) is 0 Å². The van der Waals surface area contributed by atoms with Crippen molar-refractivity contribution in [3.8, 4) is 0 Å². The third kappa shape index (κ3) is 3.51. The Morgan fingerprint density at radius 3 is 2.75 bits per heavy atom. The molecule has 0 saturated heterocycles. The van der Waals surface area contributed by atoms with E-state index in [1.165, 1.54) is 0 Å². The Labute approximate surface area is 123 Å². The molecule has 6 heteroatoms. The maximum Gasteiger partial charge on any atom is 0.223 e. The first-order valence-corrected chi connectivity index (χ1v) is 6.81. The first-order chi connectivity index (χ1) is 9.60. The minimum absolute atomic E-state index is 0.254. The summed E-state index contributed by atoms with van der Waals surface area (Å²) in [5, 5.41) is 3.88. The average molecular weight is 292 g/mol. The number of nitrogens with two attached hydrogens (primary N) is 1. The molecule has 0 aliphatic heterocycles. The summed E-state index contributed by atoms with van der Waals surface area (Å²) in [5.74, 6) is 1.74. The van der Waals surface area contributed by atoms with Crippen LogP contribution in [0, 0.1) is 0 Å². The van der Waals surface area contributed by atoms with Gasteiger partial charge in [0.1, 0.15) is 11.6 Å².